The first kappa shape index (κ1) is 18.5. The van der Waals surface area contributed by atoms with Gasteiger partial charge in [-0.2, -0.15) is 0 Å². The predicted octanol–water partition coefficient (Wildman–Crippen LogP) is 3.74. The first-order valence-corrected chi connectivity index (χ1v) is 7.47. The number of hydrogen-bond donors (Lipinski definition) is 1. The second-order valence-corrected chi connectivity index (χ2v) is 5.97. The van der Waals surface area contributed by atoms with Crippen LogP contribution >= 0.6 is 12.4 Å². The molecule has 1 atom stereocenters. The summed E-state index contributed by atoms with van der Waals surface area (Å²) in [7, 11) is 1.82. The molecule has 1 unspecified atom stereocenters. The maximum absolute atomic E-state index is 12.5. The first-order valence-electron chi connectivity index (χ1n) is 7.47. The fourth-order valence-corrected chi connectivity index (χ4v) is 2.82. The highest BCUT2D eigenvalue weighted by Gasteiger charge is 2.30. The van der Waals surface area contributed by atoms with E-state index in [1.165, 1.54) is 10.8 Å². The second-order valence-electron chi connectivity index (χ2n) is 5.97. The van der Waals surface area contributed by atoms with Gasteiger partial charge in [-0.1, -0.05) is 55.8 Å². The molecule has 0 heterocycles. The van der Waals surface area contributed by atoms with E-state index in [-0.39, 0.29) is 18.3 Å². The third-order valence-electron chi connectivity index (χ3n) is 3.89. The summed E-state index contributed by atoms with van der Waals surface area (Å²) in [5.41, 5.74) is 6.51. The number of benzene rings is 2. The summed E-state index contributed by atoms with van der Waals surface area (Å²) in [6, 6.07) is 14.4. The SMILES string of the molecule is CCCC(C)(N)C(=O)N(C)Cc1cccc2ccccc12.Cl. The van der Waals surface area contributed by atoms with E-state index in [1.54, 1.807) is 4.90 Å². The highest BCUT2D eigenvalue weighted by molar-refractivity contribution is 5.88. The van der Waals surface area contributed by atoms with E-state index in [9.17, 15) is 4.79 Å². The maximum Gasteiger partial charge on any atom is 0.242 e. The lowest BCUT2D eigenvalue weighted by Crippen LogP contribution is -2.51. The summed E-state index contributed by atoms with van der Waals surface area (Å²) in [5.74, 6) is -0.00251. The minimum atomic E-state index is -0.784. The van der Waals surface area contributed by atoms with E-state index in [0.29, 0.717) is 13.0 Å². The van der Waals surface area contributed by atoms with E-state index < -0.39 is 5.54 Å². The molecule has 0 aliphatic heterocycles. The molecule has 22 heavy (non-hydrogen) atoms. The van der Waals surface area contributed by atoms with Gasteiger partial charge in [0.1, 0.15) is 0 Å². The zero-order chi connectivity index (χ0) is 15.5. The lowest BCUT2D eigenvalue weighted by molar-refractivity contribution is -0.135. The van der Waals surface area contributed by atoms with Crippen LogP contribution in [0.15, 0.2) is 42.5 Å². The molecule has 0 saturated carbocycles. The summed E-state index contributed by atoms with van der Waals surface area (Å²) in [6.45, 7) is 4.44. The largest absolute Gasteiger partial charge is 0.340 e. The van der Waals surface area contributed by atoms with Crippen molar-refractivity contribution in [2.45, 2.75) is 38.8 Å². The van der Waals surface area contributed by atoms with Crippen molar-refractivity contribution in [2.24, 2.45) is 5.73 Å². The normalized spacial score (nSPS) is 13.3. The molecule has 0 radical (unpaired) electrons. The van der Waals surface area contributed by atoms with Gasteiger partial charge in [-0.3, -0.25) is 4.79 Å². The highest BCUT2D eigenvalue weighted by atomic mass is 35.5. The molecule has 0 fully saturated rings. The molecule has 0 spiro atoms. The number of nitrogens with zero attached hydrogens (tertiary/aromatic N) is 1. The number of fused-ring (bicyclic) bond motifs is 1. The fourth-order valence-electron chi connectivity index (χ4n) is 2.82. The summed E-state index contributed by atoms with van der Waals surface area (Å²) in [6.07, 6.45) is 1.60. The van der Waals surface area contributed by atoms with Crippen LogP contribution in [-0.4, -0.2) is 23.4 Å². The number of amides is 1. The van der Waals surface area contributed by atoms with Gasteiger partial charge in [-0.25, -0.2) is 0 Å². The molecular weight excluding hydrogens is 296 g/mol. The summed E-state index contributed by atoms with van der Waals surface area (Å²) in [4.78, 5) is 14.2. The molecule has 0 aromatic heterocycles. The van der Waals surface area contributed by atoms with Crippen molar-refractivity contribution in [3.05, 3.63) is 48.0 Å². The molecule has 0 bridgehead atoms. The van der Waals surface area contributed by atoms with Crippen LogP contribution in [0.3, 0.4) is 0 Å². The standard InChI is InChI=1S/C18H24N2O.ClH/c1-4-12-18(2,19)17(21)20(3)13-15-10-7-9-14-8-5-6-11-16(14)15;/h5-11H,4,12-13,19H2,1-3H3;1H. The molecule has 120 valence electrons. The molecule has 0 aliphatic carbocycles. The Morgan fingerprint density at radius 1 is 1.18 bits per heavy atom. The third kappa shape index (κ3) is 3.99. The van der Waals surface area contributed by atoms with Crippen LogP contribution in [0.2, 0.25) is 0 Å². The monoisotopic (exact) mass is 320 g/mol. The van der Waals surface area contributed by atoms with Gasteiger partial charge >= 0.3 is 0 Å². The Labute approximate surface area is 138 Å². The van der Waals surface area contributed by atoms with E-state index >= 15 is 0 Å². The Kier molecular flexibility index (Phi) is 6.39. The number of nitrogens with two attached hydrogens (primary N) is 1. The van der Waals surface area contributed by atoms with Gasteiger partial charge in [0.15, 0.2) is 0 Å². The highest BCUT2D eigenvalue weighted by Crippen LogP contribution is 2.21. The summed E-state index contributed by atoms with van der Waals surface area (Å²) in [5, 5.41) is 2.38. The van der Waals surface area contributed by atoms with Crippen molar-refractivity contribution >= 4 is 29.1 Å². The van der Waals surface area contributed by atoms with Gasteiger partial charge in [-0.05, 0) is 29.7 Å². The van der Waals surface area contributed by atoms with Gasteiger partial charge in [0.2, 0.25) is 5.91 Å². The topological polar surface area (TPSA) is 46.3 Å². The van der Waals surface area contributed by atoms with Crippen molar-refractivity contribution in [1.29, 1.82) is 0 Å². The molecule has 2 aromatic rings. The molecule has 2 aromatic carbocycles. The van der Waals surface area contributed by atoms with Crippen LogP contribution in [-0.2, 0) is 11.3 Å². The Morgan fingerprint density at radius 2 is 1.82 bits per heavy atom. The van der Waals surface area contributed by atoms with Crippen molar-refractivity contribution in [1.82, 2.24) is 4.90 Å². The van der Waals surface area contributed by atoms with Crippen molar-refractivity contribution in [3.8, 4) is 0 Å². The van der Waals surface area contributed by atoms with E-state index in [4.69, 9.17) is 5.73 Å². The van der Waals surface area contributed by atoms with Gasteiger partial charge < -0.3 is 10.6 Å². The Bertz CT molecular complexity index is 635. The van der Waals surface area contributed by atoms with Crippen LogP contribution in [0, 0.1) is 0 Å². The molecule has 0 aliphatic rings. The van der Waals surface area contributed by atoms with Crippen LogP contribution in [0.5, 0.6) is 0 Å². The fraction of sp³-hybridized carbons (Fsp3) is 0.389. The minimum absolute atomic E-state index is 0. The smallest absolute Gasteiger partial charge is 0.242 e. The van der Waals surface area contributed by atoms with Crippen LogP contribution < -0.4 is 5.73 Å². The molecule has 0 saturated heterocycles. The molecule has 2 N–H and O–H groups in total. The minimum Gasteiger partial charge on any atom is -0.340 e. The van der Waals surface area contributed by atoms with Crippen LogP contribution in [0.1, 0.15) is 32.3 Å². The van der Waals surface area contributed by atoms with Crippen LogP contribution in [0.4, 0.5) is 0 Å². The molecule has 3 nitrogen and oxygen atoms in total. The van der Waals surface area contributed by atoms with E-state index in [0.717, 1.165) is 12.0 Å². The molecular formula is C18H25ClN2O. The van der Waals surface area contributed by atoms with Gasteiger partial charge in [0.25, 0.3) is 0 Å². The predicted molar refractivity (Wildman–Crippen MR) is 95.2 cm³/mol. The third-order valence-corrected chi connectivity index (χ3v) is 3.89. The number of rotatable bonds is 5. The second kappa shape index (κ2) is 7.61. The van der Waals surface area contributed by atoms with Crippen molar-refractivity contribution in [3.63, 3.8) is 0 Å². The lowest BCUT2D eigenvalue weighted by Gasteiger charge is -2.29. The van der Waals surface area contributed by atoms with Crippen molar-refractivity contribution in [2.75, 3.05) is 7.05 Å². The Balaban J connectivity index is 0.00000242. The zero-order valence-corrected chi connectivity index (χ0v) is 14.3. The number of halogens is 1. The lowest BCUT2D eigenvalue weighted by atomic mass is 9.95. The van der Waals surface area contributed by atoms with E-state index in [2.05, 4.69) is 24.3 Å². The van der Waals surface area contributed by atoms with Gasteiger partial charge in [-0.15, -0.1) is 12.4 Å². The zero-order valence-electron chi connectivity index (χ0n) is 13.5. The number of likely N-dealkylation sites (N-methyl/N-ethyl adjacent to an activating group) is 1. The quantitative estimate of drug-likeness (QED) is 0.912. The molecule has 1 amide bonds. The first-order chi connectivity index (χ1) is 9.95. The Morgan fingerprint density at radius 3 is 2.50 bits per heavy atom. The molecule has 2 rings (SSSR count). The molecule has 4 heteroatoms. The van der Waals surface area contributed by atoms with Gasteiger partial charge in [0.05, 0.1) is 5.54 Å². The number of carbonyl (C=O) groups excluding carboxylic acids is 1. The van der Waals surface area contributed by atoms with Crippen LogP contribution in [0.25, 0.3) is 10.8 Å². The maximum atomic E-state index is 12.5. The summed E-state index contributed by atoms with van der Waals surface area (Å²) < 4.78 is 0. The summed E-state index contributed by atoms with van der Waals surface area (Å²) >= 11 is 0. The number of hydrogen-bond acceptors (Lipinski definition) is 2. The number of carbonyl (C=O) groups is 1. The van der Waals surface area contributed by atoms with E-state index in [1.807, 2.05) is 39.1 Å². The average molecular weight is 321 g/mol. The average Bonchev–Trinajstić information content (AvgIpc) is 2.46. The van der Waals surface area contributed by atoms with Crippen molar-refractivity contribution < 1.29 is 4.79 Å². The van der Waals surface area contributed by atoms with Gasteiger partial charge in [0, 0.05) is 13.6 Å². The Hall–Kier alpha value is -1.58.